The van der Waals surface area contributed by atoms with Crippen LogP contribution in [0.3, 0.4) is 0 Å². The van der Waals surface area contributed by atoms with E-state index in [0.717, 1.165) is 6.04 Å². The maximum absolute atomic E-state index is 2.74. The average molecular weight is 181 g/mol. The van der Waals surface area contributed by atoms with Gasteiger partial charge in [-0.2, -0.15) is 0 Å². The van der Waals surface area contributed by atoms with Crippen molar-refractivity contribution < 1.29 is 0 Å². The van der Waals surface area contributed by atoms with Gasteiger partial charge >= 0.3 is 0 Å². The van der Waals surface area contributed by atoms with E-state index in [2.05, 4.69) is 18.7 Å². The smallest absolute Gasteiger partial charge is 0.0100 e. The van der Waals surface area contributed by atoms with Crippen molar-refractivity contribution in [3.05, 3.63) is 0 Å². The van der Waals surface area contributed by atoms with Crippen LogP contribution in [0.5, 0.6) is 0 Å². The monoisotopic (exact) mass is 181 g/mol. The van der Waals surface area contributed by atoms with Crippen LogP contribution in [-0.2, 0) is 0 Å². The molecule has 0 amide bonds. The fraction of sp³-hybridized carbons (Fsp3) is 1.00. The fourth-order valence-corrected chi connectivity index (χ4v) is 3.08. The van der Waals surface area contributed by atoms with Crippen molar-refractivity contribution in [3.63, 3.8) is 0 Å². The second kappa shape index (κ2) is 3.61. The highest BCUT2D eigenvalue weighted by atomic mass is 15.2. The Labute approximate surface area is 82.5 Å². The van der Waals surface area contributed by atoms with Crippen LogP contribution in [-0.4, -0.2) is 24.0 Å². The number of rotatable bonds is 1. The SMILES string of the molecule is CC1(C)CCC[C@@H](N2CCCC2)C1. The molecule has 0 aromatic heterocycles. The van der Waals surface area contributed by atoms with E-state index in [4.69, 9.17) is 0 Å². The number of hydrogen-bond acceptors (Lipinski definition) is 1. The Morgan fingerprint density at radius 1 is 1.08 bits per heavy atom. The van der Waals surface area contributed by atoms with Gasteiger partial charge in [0.25, 0.3) is 0 Å². The molecule has 1 aliphatic heterocycles. The van der Waals surface area contributed by atoms with Crippen LogP contribution in [0.15, 0.2) is 0 Å². The average Bonchev–Trinajstić information content (AvgIpc) is 2.53. The van der Waals surface area contributed by atoms with E-state index in [9.17, 15) is 0 Å². The lowest BCUT2D eigenvalue weighted by Gasteiger charge is -2.39. The molecule has 2 aliphatic rings. The number of nitrogens with zero attached hydrogens (tertiary/aromatic N) is 1. The Balaban J connectivity index is 1.91. The quantitative estimate of drug-likeness (QED) is 0.601. The van der Waals surface area contributed by atoms with Gasteiger partial charge in [0.15, 0.2) is 0 Å². The molecule has 0 aromatic rings. The summed E-state index contributed by atoms with van der Waals surface area (Å²) < 4.78 is 0. The summed E-state index contributed by atoms with van der Waals surface area (Å²) >= 11 is 0. The van der Waals surface area contributed by atoms with Gasteiger partial charge < -0.3 is 4.90 Å². The fourth-order valence-electron chi connectivity index (χ4n) is 3.08. The topological polar surface area (TPSA) is 3.24 Å². The third-order valence-corrected chi connectivity index (χ3v) is 3.84. The van der Waals surface area contributed by atoms with Crippen molar-refractivity contribution in [1.82, 2.24) is 4.90 Å². The van der Waals surface area contributed by atoms with E-state index < -0.39 is 0 Å². The lowest BCUT2D eigenvalue weighted by atomic mass is 9.75. The summed E-state index contributed by atoms with van der Waals surface area (Å²) in [4.78, 5) is 2.74. The van der Waals surface area contributed by atoms with Gasteiger partial charge in [-0.3, -0.25) is 0 Å². The van der Waals surface area contributed by atoms with Crippen LogP contribution < -0.4 is 0 Å². The molecule has 0 bridgehead atoms. The van der Waals surface area contributed by atoms with Crippen molar-refractivity contribution >= 4 is 0 Å². The van der Waals surface area contributed by atoms with Crippen molar-refractivity contribution in [1.29, 1.82) is 0 Å². The number of likely N-dealkylation sites (tertiary alicyclic amines) is 1. The Hall–Kier alpha value is -0.0400. The van der Waals surface area contributed by atoms with Crippen molar-refractivity contribution in [2.75, 3.05) is 13.1 Å². The molecule has 1 heteroatoms. The first-order valence-electron chi connectivity index (χ1n) is 5.91. The van der Waals surface area contributed by atoms with Crippen LogP contribution in [0.2, 0.25) is 0 Å². The zero-order chi connectivity index (χ0) is 9.31. The summed E-state index contributed by atoms with van der Waals surface area (Å²) in [5, 5.41) is 0. The first kappa shape index (κ1) is 9.51. The van der Waals surface area contributed by atoms with E-state index >= 15 is 0 Å². The van der Waals surface area contributed by atoms with Gasteiger partial charge in [-0.25, -0.2) is 0 Å². The van der Waals surface area contributed by atoms with Crippen molar-refractivity contribution in [2.24, 2.45) is 5.41 Å². The predicted molar refractivity (Wildman–Crippen MR) is 56.8 cm³/mol. The molecule has 1 atom stereocenters. The summed E-state index contributed by atoms with van der Waals surface area (Å²) in [6, 6.07) is 0.922. The Morgan fingerprint density at radius 2 is 1.77 bits per heavy atom. The van der Waals surface area contributed by atoms with E-state index in [1.54, 1.807) is 0 Å². The van der Waals surface area contributed by atoms with Gasteiger partial charge in [-0.15, -0.1) is 0 Å². The summed E-state index contributed by atoms with van der Waals surface area (Å²) in [5.74, 6) is 0. The first-order chi connectivity index (χ1) is 6.17. The molecular weight excluding hydrogens is 158 g/mol. The highest BCUT2D eigenvalue weighted by Gasteiger charge is 2.32. The van der Waals surface area contributed by atoms with E-state index in [0.29, 0.717) is 5.41 Å². The molecule has 1 nitrogen and oxygen atoms in total. The standard InChI is InChI=1S/C12H23N/c1-12(2)7-5-6-11(10-12)13-8-3-4-9-13/h11H,3-10H2,1-2H3/t11-/m1/s1. The first-order valence-corrected chi connectivity index (χ1v) is 5.91. The van der Waals surface area contributed by atoms with Crippen molar-refractivity contribution in [2.45, 2.75) is 58.4 Å². The molecule has 0 radical (unpaired) electrons. The van der Waals surface area contributed by atoms with Gasteiger partial charge in [0.1, 0.15) is 0 Å². The molecule has 1 saturated heterocycles. The van der Waals surface area contributed by atoms with E-state index in [1.165, 1.54) is 51.6 Å². The van der Waals surface area contributed by atoms with E-state index in [1.807, 2.05) is 0 Å². The Bertz CT molecular complexity index is 168. The number of hydrogen-bond donors (Lipinski definition) is 0. The molecule has 0 spiro atoms. The Kier molecular flexibility index (Phi) is 2.64. The Morgan fingerprint density at radius 3 is 2.38 bits per heavy atom. The molecule has 2 fully saturated rings. The lowest BCUT2D eigenvalue weighted by molar-refractivity contribution is 0.114. The van der Waals surface area contributed by atoms with Gasteiger partial charge in [0.2, 0.25) is 0 Å². The van der Waals surface area contributed by atoms with Crippen molar-refractivity contribution in [3.8, 4) is 0 Å². The van der Waals surface area contributed by atoms with Crippen LogP contribution in [0.4, 0.5) is 0 Å². The molecule has 13 heavy (non-hydrogen) atoms. The zero-order valence-electron chi connectivity index (χ0n) is 9.18. The summed E-state index contributed by atoms with van der Waals surface area (Å²) in [5.41, 5.74) is 0.617. The minimum atomic E-state index is 0.617. The van der Waals surface area contributed by atoms with Crippen LogP contribution >= 0.6 is 0 Å². The van der Waals surface area contributed by atoms with Crippen LogP contribution in [0.25, 0.3) is 0 Å². The highest BCUT2D eigenvalue weighted by molar-refractivity contribution is 4.86. The van der Waals surface area contributed by atoms with Gasteiger partial charge in [0.05, 0.1) is 0 Å². The van der Waals surface area contributed by atoms with Gasteiger partial charge in [-0.1, -0.05) is 20.3 Å². The molecule has 76 valence electrons. The zero-order valence-corrected chi connectivity index (χ0v) is 9.18. The maximum Gasteiger partial charge on any atom is 0.0100 e. The predicted octanol–water partition coefficient (Wildman–Crippen LogP) is 3.05. The molecule has 2 rings (SSSR count). The third-order valence-electron chi connectivity index (χ3n) is 3.84. The minimum Gasteiger partial charge on any atom is -0.300 e. The van der Waals surface area contributed by atoms with Crippen LogP contribution in [0.1, 0.15) is 52.4 Å². The van der Waals surface area contributed by atoms with E-state index in [-0.39, 0.29) is 0 Å². The molecule has 1 heterocycles. The normalized spacial score (nSPS) is 35.1. The summed E-state index contributed by atoms with van der Waals surface area (Å²) in [6.07, 6.45) is 8.68. The van der Waals surface area contributed by atoms with Gasteiger partial charge in [-0.05, 0) is 50.6 Å². The second-order valence-corrected chi connectivity index (χ2v) is 5.66. The minimum absolute atomic E-state index is 0.617. The molecule has 0 N–H and O–H groups in total. The summed E-state index contributed by atoms with van der Waals surface area (Å²) in [6.45, 7) is 7.63. The lowest BCUT2D eigenvalue weighted by Crippen LogP contribution is -2.39. The van der Waals surface area contributed by atoms with Gasteiger partial charge in [0, 0.05) is 6.04 Å². The summed E-state index contributed by atoms with van der Waals surface area (Å²) in [7, 11) is 0. The highest BCUT2D eigenvalue weighted by Crippen LogP contribution is 2.37. The molecule has 1 aliphatic carbocycles. The molecular formula is C12H23N. The molecule has 0 unspecified atom stereocenters. The van der Waals surface area contributed by atoms with Crippen LogP contribution in [0, 0.1) is 5.41 Å². The largest absolute Gasteiger partial charge is 0.300 e. The second-order valence-electron chi connectivity index (χ2n) is 5.66. The maximum atomic E-state index is 2.74. The molecule has 1 saturated carbocycles. The third kappa shape index (κ3) is 2.25. The molecule has 0 aromatic carbocycles.